The summed E-state index contributed by atoms with van der Waals surface area (Å²) in [6.45, 7) is 5.57. The van der Waals surface area contributed by atoms with Crippen LogP contribution in [0.5, 0.6) is 0 Å². The first-order valence-corrected chi connectivity index (χ1v) is 7.27. The molecule has 0 aliphatic carbocycles. The van der Waals surface area contributed by atoms with Gasteiger partial charge in [0.05, 0.1) is 5.56 Å². The zero-order chi connectivity index (χ0) is 18.0. The first-order valence-electron chi connectivity index (χ1n) is 7.27. The molecule has 1 amide bonds. The lowest BCUT2D eigenvalue weighted by molar-refractivity contribution is -0.137. The minimum atomic E-state index is -4.37. The smallest absolute Gasteiger partial charge is 0.355 e. The number of anilines is 2. The summed E-state index contributed by atoms with van der Waals surface area (Å²) in [5, 5.41) is 5.75. The molecule has 0 saturated carbocycles. The predicted octanol–water partition coefficient (Wildman–Crippen LogP) is 4.37. The number of aromatic nitrogens is 1. The maximum absolute atomic E-state index is 12.6. The first-order chi connectivity index (χ1) is 11.0. The second kappa shape index (κ2) is 6.51. The van der Waals surface area contributed by atoms with E-state index in [2.05, 4.69) is 15.6 Å². The van der Waals surface area contributed by atoms with Gasteiger partial charge in [0.1, 0.15) is 5.69 Å². The summed E-state index contributed by atoms with van der Waals surface area (Å²) in [5.41, 5.74) is 0.158. The summed E-state index contributed by atoms with van der Waals surface area (Å²) in [7, 11) is 0. The molecular weight excluding hydrogens is 319 g/mol. The number of amides is 1. The Morgan fingerprint density at radius 3 is 2.17 bits per heavy atom. The molecule has 128 valence electrons. The largest absolute Gasteiger partial charge is 0.416 e. The van der Waals surface area contributed by atoms with Crippen LogP contribution >= 0.6 is 0 Å². The fraction of sp³-hybridized carbons (Fsp3) is 0.294. The molecule has 0 radical (unpaired) electrons. The fourth-order valence-electron chi connectivity index (χ4n) is 1.95. The molecular formula is C17H18F3N3O. The molecule has 2 rings (SSSR count). The third-order valence-corrected chi connectivity index (χ3v) is 2.98. The van der Waals surface area contributed by atoms with Crippen molar-refractivity contribution in [1.82, 2.24) is 10.3 Å². The Bertz CT molecular complexity index is 719. The van der Waals surface area contributed by atoms with Crippen LogP contribution in [0.3, 0.4) is 0 Å². The molecule has 0 bridgehead atoms. The lowest BCUT2D eigenvalue weighted by atomic mass is 10.1. The number of benzene rings is 1. The highest BCUT2D eigenvalue weighted by Crippen LogP contribution is 2.30. The average molecular weight is 337 g/mol. The molecule has 1 aromatic carbocycles. The van der Waals surface area contributed by atoms with E-state index in [0.29, 0.717) is 11.4 Å². The van der Waals surface area contributed by atoms with Crippen LogP contribution in [-0.2, 0) is 6.18 Å². The van der Waals surface area contributed by atoms with Gasteiger partial charge >= 0.3 is 6.18 Å². The van der Waals surface area contributed by atoms with Crippen molar-refractivity contribution in [2.75, 3.05) is 5.32 Å². The van der Waals surface area contributed by atoms with Gasteiger partial charge in [-0.15, -0.1) is 0 Å². The molecule has 0 unspecified atom stereocenters. The van der Waals surface area contributed by atoms with Gasteiger partial charge in [-0.1, -0.05) is 0 Å². The molecule has 2 N–H and O–H groups in total. The average Bonchev–Trinajstić information content (AvgIpc) is 2.45. The Balaban J connectivity index is 2.13. The topological polar surface area (TPSA) is 54.0 Å². The number of halogens is 3. The zero-order valence-electron chi connectivity index (χ0n) is 13.5. The SMILES string of the molecule is CC(C)(C)NC(=O)c1cc(Nc2ccc(C(F)(F)F)cc2)ccn1. The van der Waals surface area contributed by atoms with E-state index in [1.54, 1.807) is 12.1 Å². The molecule has 0 saturated heterocycles. The van der Waals surface area contributed by atoms with Crippen molar-refractivity contribution in [2.45, 2.75) is 32.5 Å². The molecule has 2 aromatic rings. The zero-order valence-corrected chi connectivity index (χ0v) is 13.5. The second-order valence-electron chi connectivity index (χ2n) is 6.33. The van der Waals surface area contributed by atoms with Crippen molar-refractivity contribution in [2.24, 2.45) is 0 Å². The summed E-state index contributed by atoms with van der Waals surface area (Å²) in [6.07, 6.45) is -2.91. The molecule has 24 heavy (non-hydrogen) atoms. The highest BCUT2D eigenvalue weighted by molar-refractivity contribution is 5.93. The summed E-state index contributed by atoms with van der Waals surface area (Å²) in [6, 6.07) is 7.83. The van der Waals surface area contributed by atoms with E-state index < -0.39 is 17.3 Å². The maximum Gasteiger partial charge on any atom is 0.416 e. The maximum atomic E-state index is 12.6. The van der Waals surface area contributed by atoms with Crippen LogP contribution in [0.2, 0.25) is 0 Å². The van der Waals surface area contributed by atoms with Gasteiger partial charge in [0.25, 0.3) is 5.91 Å². The minimum absolute atomic E-state index is 0.224. The number of rotatable bonds is 3. The van der Waals surface area contributed by atoms with Crippen molar-refractivity contribution in [3.05, 3.63) is 53.9 Å². The van der Waals surface area contributed by atoms with Gasteiger partial charge < -0.3 is 10.6 Å². The molecule has 0 aliphatic rings. The number of carbonyl (C=O) groups excluding carboxylic acids is 1. The Morgan fingerprint density at radius 2 is 1.62 bits per heavy atom. The highest BCUT2D eigenvalue weighted by Gasteiger charge is 2.29. The fourth-order valence-corrected chi connectivity index (χ4v) is 1.95. The van der Waals surface area contributed by atoms with Crippen LogP contribution in [0.25, 0.3) is 0 Å². The Hall–Kier alpha value is -2.57. The van der Waals surface area contributed by atoms with Gasteiger partial charge in [-0.2, -0.15) is 13.2 Å². The van der Waals surface area contributed by atoms with Crippen molar-refractivity contribution in [1.29, 1.82) is 0 Å². The van der Waals surface area contributed by atoms with Gasteiger partial charge in [-0.3, -0.25) is 9.78 Å². The van der Waals surface area contributed by atoms with E-state index in [9.17, 15) is 18.0 Å². The minimum Gasteiger partial charge on any atom is -0.355 e. The number of alkyl halides is 3. The van der Waals surface area contributed by atoms with Crippen LogP contribution in [0.1, 0.15) is 36.8 Å². The number of pyridine rings is 1. The van der Waals surface area contributed by atoms with Crippen molar-refractivity contribution < 1.29 is 18.0 Å². The van der Waals surface area contributed by atoms with E-state index in [-0.39, 0.29) is 11.6 Å². The first kappa shape index (κ1) is 17.8. The van der Waals surface area contributed by atoms with Gasteiger partial charge in [-0.25, -0.2) is 0 Å². The Morgan fingerprint density at radius 1 is 1.00 bits per heavy atom. The molecule has 7 heteroatoms. The Kier molecular flexibility index (Phi) is 4.82. The lowest BCUT2D eigenvalue weighted by Crippen LogP contribution is -2.40. The van der Waals surface area contributed by atoms with E-state index in [1.165, 1.54) is 18.3 Å². The number of hydrogen-bond donors (Lipinski definition) is 2. The predicted molar refractivity (Wildman–Crippen MR) is 86.2 cm³/mol. The van der Waals surface area contributed by atoms with Gasteiger partial charge in [0.2, 0.25) is 0 Å². The van der Waals surface area contributed by atoms with Crippen molar-refractivity contribution in [3.8, 4) is 0 Å². The second-order valence-corrected chi connectivity index (χ2v) is 6.33. The highest BCUT2D eigenvalue weighted by atomic mass is 19.4. The number of nitrogens with zero attached hydrogens (tertiary/aromatic N) is 1. The van der Waals surface area contributed by atoms with Gasteiger partial charge in [0.15, 0.2) is 0 Å². The van der Waals surface area contributed by atoms with E-state index in [1.807, 2.05) is 20.8 Å². The van der Waals surface area contributed by atoms with Crippen LogP contribution in [0.15, 0.2) is 42.6 Å². The summed E-state index contributed by atoms with van der Waals surface area (Å²) < 4.78 is 37.7. The molecule has 0 atom stereocenters. The number of hydrogen-bond acceptors (Lipinski definition) is 3. The standard InChI is InChI=1S/C17H18F3N3O/c1-16(2,3)23-15(24)14-10-13(8-9-21-14)22-12-6-4-11(5-7-12)17(18,19)20/h4-10H,1-3H3,(H,21,22)(H,23,24). The molecule has 0 spiro atoms. The summed E-state index contributed by atoms with van der Waals surface area (Å²) >= 11 is 0. The normalized spacial score (nSPS) is 11.9. The van der Waals surface area contributed by atoms with Crippen molar-refractivity contribution >= 4 is 17.3 Å². The Labute approximate surface area is 138 Å². The van der Waals surface area contributed by atoms with Gasteiger partial charge in [0, 0.05) is 23.1 Å². The van der Waals surface area contributed by atoms with Crippen LogP contribution in [0, 0.1) is 0 Å². The van der Waals surface area contributed by atoms with Crippen LogP contribution < -0.4 is 10.6 Å². The van der Waals surface area contributed by atoms with E-state index in [4.69, 9.17) is 0 Å². The lowest BCUT2D eigenvalue weighted by Gasteiger charge is -2.20. The number of nitrogens with one attached hydrogen (secondary N) is 2. The monoisotopic (exact) mass is 337 g/mol. The molecule has 4 nitrogen and oxygen atoms in total. The number of carbonyl (C=O) groups is 1. The molecule has 1 aromatic heterocycles. The molecule has 1 heterocycles. The summed E-state index contributed by atoms with van der Waals surface area (Å²) in [5.74, 6) is -0.321. The molecule has 0 fully saturated rings. The van der Waals surface area contributed by atoms with E-state index in [0.717, 1.165) is 12.1 Å². The summed E-state index contributed by atoms with van der Waals surface area (Å²) in [4.78, 5) is 16.1. The van der Waals surface area contributed by atoms with Crippen LogP contribution in [0.4, 0.5) is 24.5 Å². The third-order valence-electron chi connectivity index (χ3n) is 2.98. The molecule has 0 aliphatic heterocycles. The quantitative estimate of drug-likeness (QED) is 0.874. The van der Waals surface area contributed by atoms with Crippen molar-refractivity contribution in [3.63, 3.8) is 0 Å². The van der Waals surface area contributed by atoms with E-state index >= 15 is 0 Å². The third kappa shape index (κ3) is 4.97. The van der Waals surface area contributed by atoms with Crippen LogP contribution in [-0.4, -0.2) is 16.4 Å². The van der Waals surface area contributed by atoms with Gasteiger partial charge in [-0.05, 0) is 57.2 Å².